The van der Waals surface area contributed by atoms with Gasteiger partial charge in [0.25, 0.3) is 0 Å². The summed E-state index contributed by atoms with van der Waals surface area (Å²) in [5.41, 5.74) is 0. The lowest BCUT2D eigenvalue weighted by Crippen LogP contribution is -1.93. The third-order valence-electron chi connectivity index (χ3n) is 2.22. The van der Waals surface area contributed by atoms with Crippen molar-refractivity contribution in [1.29, 1.82) is 0 Å². The van der Waals surface area contributed by atoms with Gasteiger partial charge in [0.15, 0.2) is 17.3 Å². The number of hydrogen-bond acceptors (Lipinski definition) is 2. The molecule has 0 radical (unpaired) electrons. The number of phenolic OH excluding ortho intramolecular Hbond substituents is 1. The van der Waals surface area contributed by atoms with E-state index in [9.17, 15) is 9.50 Å². The monoisotopic (exact) mass is 206 g/mol. The Morgan fingerprint density at radius 1 is 1.33 bits per heavy atom. The van der Waals surface area contributed by atoms with Crippen molar-refractivity contribution < 1.29 is 14.2 Å². The zero-order valence-electron chi connectivity index (χ0n) is 8.33. The molecule has 78 valence electrons. The summed E-state index contributed by atoms with van der Waals surface area (Å²) < 4.78 is 18.8. The number of aromatic hydroxyl groups is 1. The molecule has 3 heteroatoms. The van der Waals surface area contributed by atoms with Crippen molar-refractivity contribution in [2.45, 2.75) is 6.92 Å². The van der Waals surface area contributed by atoms with Crippen molar-refractivity contribution in [2.75, 3.05) is 6.61 Å². The second kappa shape index (κ2) is 3.77. The molecule has 0 unspecified atom stereocenters. The number of fused-ring (bicyclic) bond motifs is 1. The van der Waals surface area contributed by atoms with Crippen LogP contribution in [0.25, 0.3) is 10.8 Å². The first-order valence-electron chi connectivity index (χ1n) is 4.77. The molecule has 0 heterocycles. The summed E-state index contributed by atoms with van der Waals surface area (Å²) in [5, 5.41) is 10.6. The van der Waals surface area contributed by atoms with Crippen LogP contribution in [-0.4, -0.2) is 11.7 Å². The summed E-state index contributed by atoms with van der Waals surface area (Å²) in [6.45, 7) is 2.18. The number of benzene rings is 2. The number of rotatable bonds is 2. The first-order chi connectivity index (χ1) is 7.24. The zero-order chi connectivity index (χ0) is 10.8. The van der Waals surface area contributed by atoms with Gasteiger partial charge < -0.3 is 9.84 Å². The Morgan fingerprint density at radius 2 is 2.07 bits per heavy atom. The van der Waals surface area contributed by atoms with E-state index < -0.39 is 11.6 Å². The summed E-state index contributed by atoms with van der Waals surface area (Å²) in [6.07, 6.45) is 0. The van der Waals surface area contributed by atoms with Gasteiger partial charge in [-0.15, -0.1) is 0 Å². The van der Waals surface area contributed by atoms with Crippen LogP contribution in [0.15, 0.2) is 30.3 Å². The largest absolute Gasteiger partial charge is 0.502 e. The molecule has 15 heavy (non-hydrogen) atoms. The van der Waals surface area contributed by atoms with E-state index in [0.717, 1.165) is 5.39 Å². The molecule has 0 spiro atoms. The number of ether oxygens (including phenoxy) is 1. The van der Waals surface area contributed by atoms with Crippen molar-refractivity contribution >= 4 is 10.8 Å². The lowest BCUT2D eigenvalue weighted by Gasteiger charge is -2.08. The van der Waals surface area contributed by atoms with Crippen molar-refractivity contribution in [3.05, 3.63) is 36.1 Å². The normalized spacial score (nSPS) is 10.5. The topological polar surface area (TPSA) is 29.5 Å². The molecule has 2 aromatic rings. The number of halogens is 1. The molecule has 0 atom stereocenters. The molecule has 0 bridgehead atoms. The van der Waals surface area contributed by atoms with Crippen LogP contribution in [0.4, 0.5) is 4.39 Å². The lowest BCUT2D eigenvalue weighted by molar-refractivity contribution is 0.311. The SMILES string of the molecule is CCOc1cc2ccccc2c(F)c1O. The smallest absolute Gasteiger partial charge is 0.194 e. The lowest BCUT2D eigenvalue weighted by atomic mass is 10.1. The van der Waals surface area contributed by atoms with E-state index in [1.165, 1.54) is 0 Å². The van der Waals surface area contributed by atoms with Gasteiger partial charge in [-0.3, -0.25) is 0 Å². The molecule has 2 aromatic carbocycles. The van der Waals surface area contributed by atoms with Crippen LogP contribution in [0.3, 0.4) is 0 Å². The van der Waals surface area contributed by atoms with Gasteiger partial charge in [0, 0.05) is 5.39 Å². The molecule has 2 rings (SSSR count). The standard InChI is InChI=1S/C12H11FO2/c1-2-15-10-7-8-5-3-4-6-9(8)11(13)12(10)14/h3-7,14H,2H2,1H3. The highest BCUT2D eigenvalue weighted by atomic mass is 19.1. The Balaban J connectivity index is 2.71. The van der Waals surface area contributed by atoms with Crippen LogP contribution in [0, 0.1) is 5.82 Å². The molecule has 0 aliphatic carbocycles. The van der Waals surface area contributed by atoms with Crippen LogP contribution in [0.1, 0.15) is 6.92 Å². The van der Waals surface area contributed by atoms with Gasteiger partial charge in [-0.25, -0.2) is 4.39 Å². The van der Waals surface area contributed by atoms with Crippen LogP contribution in [0.5, 0.6) is 11.5 Å². The maximum Gasteiger partial charge on any atom is 0.194 e. The van der Waals surface area contributed by atoms with Gasteiger partial charge in [0.05, 0.1) is 6.61 Å². The second-order valence-electron chi connectivity index (χ2n) is 3.19. The van der Waals surface area contributed by atoms with E-state index in [2.05, 4.69) is 0 Å². The molecule has 0 aliphatic rings. The van der Waals surface area contributed by atoms with E-state index in [1.807, 2.05) is 6.07 Å². The molecular weight excluding hydrogens is 195 g/mol. The van der Waals surface area contributed by atoms with E-state index in [1.54, 1.807) is 31.2 Å². The van der Waals surface area contributed by atoms with Crippen LogP contribution >= 0.6 is 0 Å². The van der Waals surface area contributed by atoms with Gasteiger partial charge in [0.1, 0.15) is 0 Å². The highest BCUT2D eigenvalue weighted by Gasteiger charge is 2.12. The van der Waals surface area contributed by atoms with Crippen molar-refractivity contribution in [1.82, 2.24) is 0 Å². The Hall–Kier alpha value is -1.77. The van der Waals surface area contributed by atoms with E-state index in [-0.39, 0.29) is 5.75 Å². The maximum absolute atomic E-state index is 13.7. The minimum absolute atomic E-state index is 0.189. The van der Waals surface area contributed by atoms with Crippen molar-refractivity contribution in [2.24, 2.45) is 0 Å². The maximum atomic E-state index is 13.7. The summed E-state index contributed by atoms with van der Waals surface area (Å²) in [6, 6.07) is 8.58. The third-order valence-corrected chi connectivity index (χ3v) is 2.22. The Bertz CT molecular complexity index is 494. The van der Waals surface area contributed by atoms with Crippen molar-refractivity contribution in [3.8, 4) is 11.5 Å². The number of hydrogen-bond donors (Lipinski definition) is 1. The molecule has 0 aliphatic heterocycles. The molecular formula is C12H11FO2. The Morgan fingerprint density at radius 3 is 2.80 bits per heavy atom. The van der Waals surface area contributed by atoms with Gasteiger partial charge >= 0.3 is 0 Å². The average Bonchev–Trinajstić information content (AvgIpc) is 2.26. The fourth-order valence-corrected chi connectivity index (χ4v) is 1.53. The Labute approximate surface area is 86.9 Å². The average molecular weight is 206 g/mol. The summed E-state index contributed by atoms with van der Waals surface area (Å²) in [4.78, 5) is 0. The molecule has 0 saturated carbocycles. The zero-order valence-corrected chi connectivity index (χ0v) is 8.33. The molecule has 0 aromatic heterocycles. The highest BCUT2D eigenvalue weighted by Crippen LogP contribution is 2.35. The van der Waals surface area contributed by atoms with E-state index in [0.29, 0.717) is 12.0 Å². The predicted octanol–water partition coefficient (Wildman–Crippen LogP) is 3.08. The highest BCUT2D eigenvalue weighted by molar-refractivity contribution is 5.86. The number of phenols is 1. The second-order valence-corrected chi connectivity index (χ2v) is 3.19. The third kappa shape index (κ3) is 1.61. The molecule has 0 fully saturated rings. The minimum Gasteiger partial charge on any atom is -0.502 e. The van der Waals surface area contributed by atoms with Crippen LogP contribution in [0.2, 0.25) is 0 Å². The van der Waals surface area contributed by atoms with Crippen molar-refractivity contribution in [3.63, 3.8) is 0 Å². The fraction of sp³-hybridized carbons (Fsp3) is 0.167. The van der Waals surface area contributed by atoms with Gasteiger partial charge in [-0.05, 0) is 18.4 Å². The fourth-order valence-electron chi connectivity index (χ4n) is 1.53. The molecule has 0 amide bonds. The molecule has 2 nitrogen and oxygen atoms in total. The predicted molar refractivity (Wildman–Crippen MR) is 56.7 cm³/mol. The Kier molecular flexibility index (Phi) is 2.46. The minimum atomic E-state index is -0.628. The van der Waals surface area contributed by atoms with Gasteiger partial charge in [-0.1, -0.05) is 24.3 Å². The molecule has 1 N–H and O–H groups in total. The summed E-state index contributed by atoms with van der Waals surface area (Å²) in [5.74, 6) is -0.860. The first-order valence-corrected chi connectivity index (χ1v) is 4.77. The van der Waals surface area contributed by atoms with Gasteiger partial charge in [-0.2, -0.15) is 0 Å². The summed E-state index contributed by atoms with van der Waals surface area (Å²) in [7, 11) is 0. The first kappa shape index (κ1) is 9.77. The quantitative estimate of drug-likeness (QED) is 0.818. The van der Waals surface area contributed by atoms with E-state index in [4.69, 9.17) is 4.74 Å². The molecule has 0 saturated heterocycles. The van der Waals surface area contributed by atoms with Crippen LogP contribution in [-0.2, 0) is 0 Å². The van der Waals surface area contributed by atoms with E-state index >= 15 is 0 Å². The van der Waals surface area contributed by atoms with Gasteiger partial charge in [0.2, 0.25) is 0 Å². The summed E-state index contributed by atoms with van der Waals surface area (Å²) >= 11 is 0. The van der Waals surface area contributed by atoms with Crippen LogP contribution < -0.4 is 4.74 Å².